The average molecular weight is 468 g/mol. The summed E-state index contributed by atoms with van der Waals surface area (Å²) in [5, 5.41) is 34.6. The molecule has 0 bridgehead atoms. The van der Waals surface area contributed by atoms with Crippen molar-refractivity contribution in [2.45, 2.75) is 43.9 Å². The number of phenolic OH excluding ortho intramolecular Hbond substituents is 1. The van der Waals surface area contributed by atoms with Crippen LogP contribution in [-0.2, 0) is 16.4 Å². The van der Waals surface area contributed by atoms with Crippen LogP contribution in [0.15, 0.2) is 29.6 Å². The predicted molar refractivity (Wildman–Crippen MR) is 118 cm³/mol. The molecule has 0 aliphatic rings. The molecule has 31 heavy (non-hydrogen) atoms. The monoisotopic (exact) mass is 467 g/mol. The maximum atomic E-state index is 12.7. The highest BCUT2D eigenvalue weighted by Gasteiger charge is 2.29. The van der Waals surface area contributed by atoms with Crippen molar-refractivity contribution in [3.05, 3.63) is 40.9 Å². The Morgan fingerprint density at radius 2 is 1.97 bits per heavy atom. The third-order valence-corrected chi connectivity index (χ3v) is 5.80. The molecule has 2 rings (SSSR count). The Kier molecular flexibility index (Phi) is 8.82. The lowest BCUT2D eigenvalue weighted by molar-refractivity contribution is -0.00790. The summed E-state index contributed by atoms with van der Waals surface area (Å²) in [4.78, 5) is 16.6. The van der Waals surface area contributed by atoms with Crippen LogP contribution < -0.4 is 10.0 Å². The molecule has 1 aromatic heterocycles. The number of phenols is 1. The van der Waals surface area contributed by atoms with Crippen LogP contribution in [0.5, 0.6) is 5.75 Å². The number of aromatic hydroxyl groups is 1. The van der Waals surface area contributed by atoms with E-state index in [0.29, 0.717) is 12.8 Å². The van der Waals surface area contributed by atoms with E-state index in [4.69, 9.17) is 6.42 Å². The molecule has 168 valence electrons. The molecule has 0 aliphatic carbocycles. The molecule has 0 aliphatic heterocycles. The molecule has 0 radical (unpaired) electrons. The van der Waals surface area contributed by atoms with Crippen molar-refractivity contribution in [2.75, 3.05) is 11.0 Å². The van der Waals surface area contributed by atoms with E-state index in [1.807, 2.05) is 0 Å². The minimum atomic E-state index is -3.53. The van der Waals surface area contributed by atoms with E-state index in [9.17, 15) is 28.5 Å². The topological polar surface area (TPSA) is 149 Å². The molecule has 3 unspecified atom stereocenters. The highest BCUT2D eigenvalue weighted by molar-refractivity contribution is 7.92. The quantitative estimate of drug-likeness (QED) is 0.245. The van der Waals surface area contributed by atoms with Gasteiger partial charge < -0.3 is 20.6 Å². The number of benzene rings is 1. The summed E-state index contributed by atoms with van der Waals surface area (Å²) in [6, 6.07) is 5.37. The highest BCUT2D eigenvalue weighted by atomic mass is 32.2. The third-order valence-electron chi connectivity index (χ3n) is 4.35. The van der Waals surface area contributed by atoms with Gasteiger partial charge in [0.2, 0.25) is 10.0 Å². The molecule has 0 saturated heterocycles. The van der Waals surface area contributed by atoms with Gasteiger partial charge in [-0.2, -0.15) is 0 Å². The molecule has 5 N–H and O–H groups in total. The third kappa shape index (κ3) is 8.18. The zero-order valence-corrected chi connectivity index (χ0v) is 18.5. The largest absolute Gasteiger partial charge is 0.508 e. The average Bonchev–Trinajstić information content (AvgIpc) is 3.15. The lowest BCUT2D eigenvalue weighted by Crippen LogP contribution is -2.49. The second-order valence-corrected chi connectivity index (χ2v) is 9.62. The van der Waals surface area contributed by atoms with Crippen LogP contribution in [0.1, 0.15) is 35.3 Å². The summed E-state index contributed by atoms with van der Waals surface area (Å²) in [5.41, 5.74) is 0.691. The summed E-state index contributed by atoms with van der Waals surface area (Å²) >= 11 is 0.945. The first-order valence-electron chi connectivity index (χ1n) is 9.40. The number of hydrogen-bond acceptors (Lipinski definition) is 8. The first-order valence-corrected chi connectivity index (χ1v) is 12.2. The fourth-order valence-corrected chi connectivity index (χ4v) is 4.36. The number of nitrogens with zero attached hydrogens (tertiary/aromatic N) is 1. The Bertz CT molecular complexity index is 1010. The van der Waals surface area contributed by atoms with E-state index < -0.39 is 34.2 Å². The van der Waals surface area contributed by atoms with E-state index in [0.717, 1.165) is 23.2 Å². The summed E-state index contributed by atoms with van der Waals surface area (Å²) < 4.78 is 24.8. The summed E-state index contributed by atoms with van der Waals surface area (Å²) in [5.74, 6) is 1.91. The van der Waals surface area contributed by atoms with E-state index in [1.54, 1.807) is 12.1 Å². The van der Waals surface area contributed by atoms with Crippen molar-refractivity contribution < 1.29 is 28.5 Å². The van der Waals surface area contributed by atoms with Crippen molar-refractivity contribution in [2.24, 2.45) is 0 Å². The van der Waals surface area contributed by atoms with Crippen LogP contribution in [0.25, 0.3) is 0 Å². The Morgan fingerprint density at radius 3 is 2.58 bits per heavy atom. The fraction of sp³-hybridized carbons (Fsp3) is 0.400. The highest BCUT2D eigenvalue weighted by Crippen LogP contribution is 2.19. The van der Waals surface area contributed by atoms with Gasteiger partial charge >= 0.3 is 0 Å². The smallest absolute Gasteiger partial charge is 0.271 e. The number of rotatable bonds is 11. The van der Waals surface area contributed by atoms with Gasteiger partial charge in [0, 0.05) is 11.8 Å². The number of aromatic nitrogens is 1. The second kappa shape index (κ2) is 11.1. The van der Waals surface area contributed by atoms with Gasteiger partial charge in [-0.15, -0.1) is 23.7 Å². The minimum absolute atomic E-state index is 0.0270. The van der Waals surface area contributed by atoms with Gasteiger partial charge in [0.05, 0.1) is 18.4 Å². The van der Waals surface area contributed by atoms with Crippen molar-refractivity contribution >= 4 is 32.4 Å². The van der Waals surface area contributed by atoms with Crippen molar-refractivity contribution in [3.63, 3.8) is 0 Å². The Labute approximate surface area is 185 Å². The summed E-state index contributed by atoms with van der Waals surface area (Å²) in [6.45, 7) is 0. The molecule has 1 aromatic carbocycles. The molecular formula is C20H25N3O6S2. The van der Waals surface area contributed by atoms with Crippen molar-refractivity contribution in [1.82, 2.24) is 10.3 Å². The molecule has 1 amide bonds. The van der Waals surface area contributed by atoms with Gasteiger partial charge in [-0.3, -0.25) is 9.52 Å². The normalized spacial score (nSPS) is 14.3. The van der Waals surface area contributed by atoms with Crippen molar-refractivity contribution in [3.8, 4) is 18.1 Å². The van der Waals surface area contributed by atoms with Crippen molar-refractivity contribution in [1.29, 1.82) is 0 Å². The standard InChI is InChI=1S/C20H25N3O6S2/c1-3-4-5-6-17(25)18(26)15(11-13-7-9-14(24)10-8-13)21-19(27)16-12-30-20(22-16)23-31(2,28)29/h1,7-10,12,15,17-18,24-26H,4-6,11H2,2H3,(H,21,27)(H,22,23). The molecule has 2 aromatic rings. The molecule has 11 heteroatoms. The van der Waals surface area contributed by atoms with E-state index in [-0.39, 0.29) is 29.4 Å². The number of sulfonamides is 1. The number of carbonyl (C=O) groups is 1. The molecule has 0 saturated carbocycles. The summed E-state index contributed by atoms with van der Waals surface area (Å²) in [7, 11) is -3.53. The number of thiazole rings is 1. The number of nitrogens with one attached hydrogen (secondary N) is 2. The molecule has 3 atom stereocenters. The number of unbranched alkanes of at least 4 members (excludes halogenated alkanes) is 1. The van der Waals surface area contributed by atoms with Crippen LogP contribution in [0.3, 0.4) is 0 Å². The lowest BCUT2D eigenvalue weighted by Gasteiger charge is -2.27. The van der Waals surface area contributed by atoms with E-state index in [2.05, 4.69) is 20.9 Å². The lowest BCUT2D eigenvalue weighted by atomic mass is 9.95. The Hall–Kier alpha value is -2.65. The Morgan fingerprint density at radius 1 is 1.29 bits per heavy atom. The van der Waals surface area contributed by atoms with Gasteiger partial charge in [-0.05, 0) is 37.0 Å². The van der Waals surface area contributed by atoms with E-state index in [1.165, 1.54) is 17.5 Å². The van der Waals surface area contributed by atoms with Crippen LogP contribution in [-0.4, -0.2) is 59.1 Å². The molecule has 0 spiro atoms. The molecular weight excluding hydrogens is 442 g/mol. The zero-order chi connectivity index (χ0) is 23.0. The van der Waals surface area contributed by atoms with Crippen LogP contribution in [0.2, 0.25) is 0 Å². The van der Waals surface area contributed by atoms with Crippen LogP contribution >= 0.6 is 11.3 Å². The number of aliphatic hydroxyl groups is 2. The fourth-order valence-electron chi connectivity index (χ4n) is 2.82. The number of hydrogen-bond donors (Lipinski definition) is 5. The number of amides is 1. The van der Waals surface area contributed by atoms with E-state index >= 15 is 0 Å². The number of aliphatic hydroxyl groups excluding tert-OH is 2. The number of carbonyl (C=O) groups excluding carboxylic acids is 1. The molecule has 9 nitrogen and oxygen atoms in total. The Balaban J connectivity index is 2.15. The first kappa shape index (κ1) is 24.6. The minimum Gasteiger partial charge on any atom is -0.508 e. The maximum Gasteiger partial charge on any atom is 0.271 e. The maximum absolute atomic E-state index is 12.7. The van der Waals surface area contributed by atoms with Gasteiger partial charge in [-0.1, -0.05) is 12.1 Å². The predicted octanol–water partition coefficient (Wildman–Crippen LogP) is 1.09. The zero-order valence-electron chi connectivity index (χ0n) is 16.9. The van der Waals surface area contributed by atoms with Gasteiger partial charge in [0.15, 0.2) is 5.13 Å². The number of terminal acetylenes is 1. The van der Waals surface area contributed by atoms with Crippen LogP contribution in [0.4, 0.5) is 5.13 Å². The van der Waals surface area contributed by atoms with Crippen LogP contribution in [0, 0.1) is 12.3 Å². The second-order valence-electron chi connectivity index (χ2n) is 7.02. The van der Waals surface area contributed by atoms with Gasteiger partial charge in [0.1, 0.15) is 17.5 Å². The first-order chi connectivity index (χ1) is 14.6. The number of anilines is 1. The molecule has 1 heterocycles. The SMILES string of the molecule is C#CCCCC(O)C(O)C(Cc1ccc(O)cc1)NC(=O)c1csc(NS(C)(=O)=O)n1. The van der Waals surface area contributed by atoms with Gasteiger partial charge in [-0.25, -0.2) is 13.4 Å². The van der Waals surface area contributed by atoms with Gasteiger partial charge in [0.25, 0.3) is 5.91 Å². The molecule has 0 fully saturated rings. The summed E-state index contributed by atoms with van der Waals surface area (Å²) in [6.07, 6.45) is 5.18.